The number of aryl methyl sites for hydroxylation is 1. The molecule has 0 atom stereocenters. The van der Waals surface area contributed by atoms with E-state index in [0.29, 0.717) is 17.5 Å². The van der Waals surface area contributed by atoms with Crippen molar-refractivity contribution in [3.05, 3.63) is 36.3 Å². The zero-order valence-corrected chi connectivity index (χ0v) is 10.1. The Kier molecular flexibility index (Phi) is 3.34. The summed E-state index contributed by atoms with van der Waals surface area (Å²) < 4.78 is 0. The van der Waals surface area contributed by atoms with E-state index in [2.05, 4.69) is 20.3 Å². The average Bonchev–Trinajstić information content (AvgIpc) is 2.38. The second-order valence-corrected chi connectivity index (χ2v) is 3.64. The van der Waals surface area contributed by atoms with Crippen LogP contribution in [0.4, 0.5) is 17.5 Å². The van der Waals surface area contributed by atoms with Crippen molar-refractivity contribution < 1.29 is 0 Å². The molecule has 0 spiro atoms. The van der Waals surface area contributed by atoms with Gasteiger partial charge in [-0.3, -0.25) is 5.32 Å². The molecule has 2 aromatic rings. The molecule has 0 amide bonds. The molecule has 0 aliphatic heterocycles. The highest BCUT2D eigenvalue weighted by Crippen LogP contribution is 2.21. The van der Waals surface area contributed by atoms with Crippen LogP contribution in [-0.4, -0.2) is 22.0 Å². The van der Waals surface area contributed by atoms with Crippen LogP contribution < -0.4 is 10.2 Å². The minimum Gasteiger partial charge on any atom is -0.314 e. The first-order valence-corrected chi connectivity index (χ1v) is 5.36. The average molecular weight is 240 g/mol. The lowest BCUT2D eigenvalue weighted by molar-refractivity contribution is 1.00. The minimum absolute atomic E-state index is 0.475. The van der Waals surface area contributed by atoms with Gasteiger partial charge in [0.25, 0.3) is 0 Å². The van der Waals surface area contributed by atoms with Crippen molar-refractivity contribution >= 4 is 17.5 Å². The van der Waals surface area contributed by atoms with Gasteiger partial charge in [0, 0.05) is 19.3 Å². The summed E-state index contributed by atoms with van der Waals surface area (Å²) in [4.78, 5) is 14.5. The number of rotatable bonds is 3. The third-order valence-electron chi connectivity index (χ3n) is 2.34. The Morgan fingerprint density at radius 1 is 1.28 bits per heavy atom. The summed E-state index contributed by atoms with van der Waals surface area (Å²) in [5, 5.41) is 11.1. The van der Waals surface area contributed by atoms with E-state index in [0.717, 1.165) is 5.82 Å². The van der Waals surface area contributed by atoms with E-state index >= 15 is 0 Å². The SMILES string of the molecule is Cc1nc(NC#N)cc(N(C)c2ccccn2)n1. The molecule has 0 bridgehead atoms. The van der Waals surface area contributed by atoms with Crippen LogP contribution in [0, 0.1) is 18.4 Å². The highest BCUT2D eigenvalue weighted by atomic mass is 15.2. The number of anilines is 3. The molecule has 6 nitrogen and oxygen atoms in total. The van der Waals surface area contributed by atoms with Gasteiger partial charge in [0.15, 0.2) is 6.19 Å². The molecule has 0 saturated carbocycles. The molecule has 6 heteroatoms. The van der Waals surface area contributed by atoms with Gasteiger partial charge in [0.2, 0.25) is 0 Å². The molecule has 0 unspecified atom stereocenters. The topological polar surface area (TPSA) is 77.7 Å². The van der Waals surface area contributed by atoms with Crippen LogP contribution in [0.5, 0.6) is 0 Å². The largest absolute Gasteiger partial charge is 0.314 e. The normalized spacial score (nSPS) is 9.61. The van der Waals surface area contributed by atoms with Gasteiger partial charge in [-0.05, 0) is 19.1 Å². The predicted octanol–water partition coefficient (Wildman–Crippen LogP) is 1.84. The molecule has 0 saturated heterocycles. The molecule has 2 heterocycles. The second kappa shape index (κ2) is 5.10. The molecule has 2 aromatic heterocycles. The summed E-state index contributed by atoms with van der Waals surface area (Å²) in [6.45, 7) is 1.78. The number of nitrogens with one attached hydrogen (secondary N) is 1. The minimum atomic E-state index is 0.475. The van der Waals surface area contributed by atoms with Gasteiger partial charge in [0.05, 0.1) is 0 Å². The van der Waals surface area contributed by atoms with Gasteiger partial charge < -0.3 is 4.90 Å². The van der Waals surface area contributed by atoms with Crippen molar-refractivity contribution in [3.63, 3.8) is 0 Å². The first kappa shape index (κ1) is 11.8. The van der Waals surface area contributed by atoms with Crippen molar-refractivity contribution in [1.29, 1.82) is 5.26 Å². The number of nitriles is 1. The maximum absolute atomic E-state index is 8.61. The van der Waals surface area contributed by atoms with Gasteiger partial charge in [-0.1, -0.05) is 6.07 Å². The fraction of sp³-hybridized carbons (Fsp3) is 0.167. The van der Waals surface area contributed by atoms with E-state index in [-0.39, 0.29) is 0 Å². The highest BCUT2D eigenvalue weighted by molar-refractivity contribution is 5.59. The smallest absolute Gasteiger partial charge is 0.182 e. The van der Waals surface area contributed by atoms with Crippen LogP contribution in [0.2, 0.25) is 0 Å². The quantitative estimate of drug-likeness (QED) is 0.651. The zero-order valence-electron chi connectivity index (χ0n) is 10.1. The summed E-state index contributed by atoms with van der Waals surface area (Å²) >= 11 is 0. The Bertz CT molecular complexity index is 575. The Labute approximate surface area is 105 Å². The number of nitrogens with zero attached hydrogens (tertiary/aromatic N) is 5. The van der Waals surface area contributed by atoms with Gasteiger partial charge in [0.1, 0.15) is 23.3 Å². The molecule has 0 aromatic carbocycles. The van der Waals surface area contributed by atoms with Gasteiger partial charge >= 0.3 is 0 Å². The van der Waals surface area contributed by atoms with Crippen molar-refractivity contribution in [3.8, 4) is 6.19 Å². The molecule has 18 heavy (non-hydrogen) atoms. The Morgan fingerprint density at radius 2 is 2.11 bits per heavy atom. The van der Waals surface area contributed by atoms with Gasteiger partial charge in [-0.2, -0.15) is 5.26 Å². The fourth-order valence-corrected chi connectivity index (χ4v) is 1.51. The van der Waals surface area contributed by atoms with Crippen molar-refractivity contribution in [2.24, 2.45) is 0 Å². The van der Waals surface area contributed by atoms with E-state index in [1.807, 2.05) is 36.3 Å². The standard InChI is InChI=1S/C12H12N6/c1-9-16-10(15-8-13)7-12(17-9)18(2)11-5-3-4-6-14-11/h3-7H,1-2H3,(H,15,16,17). The summed E-state index contributed by atoms with van der Waals surface area (Å²) in [5.74, 6) is 2.52. The maximum atomic E-state index is 8.61. The van der Waals surface area contributed by atoms with E-state index in [4.69, 9.17) is 5.26 Å². The first-order valence-electron chi connectivity index (χ1n) is 5.36. The lowest BCUT2D eigenvalue weighted by Crippen LogP contribution is -2.14. The lowest BCUT2D eigenvalue weighted by Gasteiger charge is -2.17. The highest BCUT2D eigenvalue weighted by Gasteiger charge is 2.08. The van der Waals surface area contributed by atoms with Crippen LogP contribution >= 0.6 is 0 Å². The molecule has 90 valence electrons. The van der Waals surface area contributed by atoms with Crippen LogP contribution in [-0.2, 0) is 0 Å². The van der Waals surface area contributed by atoms with Crippen LogP contribution in [0.25, 0.3) is 0 Å². The fourth-order valence-electron chi connectivity index (χ4n) is 1.51. The van der Waals surface area contributed by atoms with Crippen molar-refractivity contribution in [2.75, 3.05) is 17.3 Å². The number of aromatic nitrogens is 3. The predicted molar refractivity (Wildman–Crippen MR) is 68.3 cm³/mol. The lowest BCUT2D eigenvalue weighted by atomic mass is 10.4. The summed E-state index contributed by atoms with van der Waals surface area (Å²) in [6, 6.07) is 7.34. The van der Waals surface area contributed by atoms with Crippen molar-refractivity contribution in [2.45, 2.75) is 6.92 Å². The Balaban J connectivity index is 2.36. The molecule has 2 rings (SSSR count). The van der Waals surface area contributed by atoms with Crippen molar-refractivity contribution in [1.82, 2.24) is 15.0 Å². The third-order valence-corrected chi connectivity index (χ3v) is 2.34. The van der Waals surface area contributed by atoms with E-state index < -0.39 is 0 Å². The first-order chi connectivity index (χ1) is 8.70. The zero-order chi connectivity index (χ0) is 13.0. The molecule has 0 radical (unpaired) electrons. The molecular formula is C12H12N6. The molecular weight excluding hydrogens is 228 g/mol. The van der Waals surface area contributed by atoms with Crippen LogP contribution in [0.3, 0.4) is 0 Å². The molecule has 1 N–H and O–H groups in total. The summed E-state index contributed by atoms with van der Waals surface area (Å²) in [5.41, 5.74) is 0. The van der Waals surface area contributed by atoms with E-state index in [9.17, 15) is 0 Å². The van der Waals surface area contributed by atoms with E-state index in [1.54, 1.807) is 19.2 Å². The van der Waals surface area contributed by atoms with Crippen LogP contribution in [0.1, 0.15) is 5.82 Å². The molecule has 0 fully saturated rings. The number of hydrogen-bond donors (Lipinski definition) is 1. The third kappa shape index (κ3) is 2.52. The van der Waals surface area contributed by atoms with Gasteiger partial charge in [-0.25, -0.2) is 15.0 Å². The summed E-state index contributed by atoms with van der Waals surface area (Å²) in [7, 11) is 1.86. The second-order valence-electron chi connectivity index (χ2n) is 3.64. The Morgan fingerprint density at radius 3 is 2.78 bits per heavy atom. The summed E-state index contributed by atoms with van der Waals surface area (Å²) in [6.07, 6.45) is 3.56. The van der Waals surface area contributed by atoms with Crippen LogP contribution in [0.15, 0.2) is 30.5 Å². The van der Waals surface area contributed by atoms with E-state index in [1.165, 1.54) is 0 Å². The molecule has 0 aliphatic rings. The maximum Gasteiger partial charge on any atom is 0.182 e. The number of hydrogen-bond acceptors (Lipinski definition) is 6. The molecule has 0 aliphatic carbocycles. The monoisotopic (exact) mass is 240 g/mol. The Hall–Kier alpha value is -2.68. The van der Waals surface area contributed by atoms with Gasteiger partial charge in [-0.15, -0.1) is 0 Å². The number of pyridine rings is 1.